The fraction of sp³-hybridized carbons (Fsp3) is 0.133. The average molecular weight is 252 g/mol. The van der Waals surface area contributed by atoms with Gasteiger partial charge in [-0.05, 0) is 48.4 Å². The third kappa shape index (κ3) is 2.52. The summed E-state index contributed by atoms with van der Waals surface area (Å²) in [6.45, 7) is 0.881. The molecule has 0 fully saturated rings. The minimum Gasteiger partial charge on any atom is -0.399 e. The Kier molecular flexibility index (Phi) is 3.06. The van der Waals surface area contributed by atoms with Crippen molar-refractivity contribution in [3.8, 4) is 0 Å². The molecule has 0 aliphatic heterocycles. The lowest BCUT2D eigenvalue weighted by Gasteiger charge is -2.06. The molecule has 0 saturated carbocycles. The van der Waals surface area contributed by atoms with Crippen molar-refractivity contribution in [3.63, 3.8) is 0 Å². The van der Waals surface area contributed by atoms with Crippen LogP contribution in [0.2, 0.25) is 0 Å². The minimum atomic E-state index is 0.785. The van der Waals surface area contributed by atoms with Crippen LogP contribution >= 0.6 is 0 Å². The lowest BCUT2D eigenvalue weighted by Crippen LogP contribution is -2.04. The monoisotopic (exact) mass is 252 g/mol. The molecule has 2 heterocycles. The molecule has 4 N–H and O–H groups in total. The number of rotatable bonds is 4. The largest absolute Gasteiger partial charge is 0.399 e. The number of nitrogens with one attached hydrogen (secondary N) is 2. The van der Waals surface area contributed by atoms with Gasteiger partial charge in [-0.2, -0.15) is 0 Å². The molecule has 4 nitrogen and oxygen atoms in total. The zero-order chi connectivity index (χ0) is 13.1. The Bertz CT molecular complexity index is 670. The number of nitrogens with zero attached hydrogens (tertiary/aromatic N) is 1. The molecule has 4 heteroatoms. The van der Waals surface area contributed by atoms with Crippen LogP contribution in [0.15, 0.2) is 48.8 Å². The zero-order valence-corrected chi connectivity index (χ0v) is 10.6. The molecule has 0 amide bonds. The van der Waals surface area contributed by atoms with E-state index in [1.807, 2.05) is 36.5 Å². The third-order valence-electron chi connectivity index (χ3n) is 3.17. The Morgan fingerprint density at radius 2 is 2.00 bits per heavy atom. The van der Waals surface area contributed by atoms with Crippen LogP contribution in [0.3, 0.4) is 0 Å². The van der Waals surface area contributed by atoms with Crippen molar-refractivity contribution >= 4 is 22.4 Å². The smallest absolute Gasteiger partial charge is 0.137 e. The number of H-pyrrole nitrogens is 1. The number of benzene rings is 1. The molecule has 0 saturated heterocycles. The van der Waals surface area contributed by atoms with Gasteiger partial charge in [0.2, 0.25) is 0 Å². The fourth-order valence-electron chi connectivity index (χ4n) is 2.16. The van der Waals surface area contributed by atoms with Gasteiger partial charge in [-0.3, -0.25) is 0 Å². The molecule has 3 aromatic rings. The van der Waals surface area contributed by atoms with Gasteiger partial charge in [-0.1, -0.05) is 0 Å². The van der Waals surface area contributed by atoms with Crippen molar-refractivity contribution in [3.05, 3.63) is 54.4 Å². The summed E-state index contributed by atoms with van der Waals surface area (Å²) < 4.78 is 0. The maximum atomic E-state index is 5.66. The lowest BCUT2D eigenvalue weighted by molar-refractivity contribution is 1.03. The first-order valence-corrected chi connectivity index (χ1v) is 6.33. The van der Waals surface area contributed by atoms with Gasteiger partial charge in [-0.15, -0.1) is 0 Å². The number of hydrogen-bond acceptors (Lipinski definition) is 3. The van der Waals surface area contributed by atoms with E-state index in [4.69, 9.17) is 5.73 Å². The first kappa shape index (κ1) is 11.6. The van der Waals surface area contributed by atoms with E-state index in [1.165, 1.54) is 10.9 Å². The second-order valence-electron chi connectivity index (χ2n) is 4.51. The van der Waals surface area contributed by atoms with Gasteiger partial charge in [0.15, 0.2) is 0 Å². The van der Waals surface area contributed by atoms with Crippen molar-refractivity contribution in [1.82, 2.24) is 9.97 Å². The van der Waals surface area contributed by atoms with Gasteiger partial charge in [0.05, 0.1) is 0 Å². The number of aromatic amines is 1. The second kappa shape index (κ2) is 5.02. The van der Waals surface area contributed by atoms with Gasteiger partial charge < -0.3 is 16.0 Å². The van der Waals surface area contributed by atoms with E-state index in [1.54, 1.807) is 6.20 Å². The fourth-order valence-corrected chi connectivity index (χ4v) is 2.16. The summed E-state index contributed by atoms with van der Waals surface area (Å²) in [6.07, 6.45) is 4.79. The first-order valence-electron chi connectivity index (χ1n) is 6.33. The number of aromatic nitrogens is 2. The average Bonchev–Trinajstić information content (AvgIpc) is 2.85. The van der Waals surface area contributed by atoms with Crippen LogP contribution in [0.4, 0.5) is 11.4 Å². The van der Waals surface area contributed by atoms with E-state index in [0.717, 1.165) is 30.0 Å². The summed E-state index contributed by atoms with van der Waals surface area (Å²) in [6, 6.07) is 11.8. The predicted molar refractivity (Wildman–Crippen MR) is 79.1 cm³/mol. The number of anilines is 2. The topological polar surface area (TPSA) is 66.7 Å². The van der Waals surface area contributed by atoms with Crippen LogP contribution < -0.4 is 11.1 Å². The highest BCUT2D eigenvalue weighted by molar-refractivity contribution is 5.79. The molecule has 1 aromatic carbocycles. The predicted octanol–water partition coefficient (Wildman–Crippen LogP) is 2.80. The number of pyridine rings is 1. The summed E-state index contributed by atoms with van der Waals surface area (Å²) in [7, 11) is 0. The summed E-state index contributed by atoms with van der Waals surface area (Å²) in [5, 5.41) is 4.58. The molecule has 3 rings (SSSR count). The molecule has 2 aromatic heterocycles. The summed E-state index contributed by atoms with van der Waals surface area (Å²) >= 11 is 0. The highest BCUT2D eigenvalue weighted by Gasteiger charge is 2.03. The number of hydrogen-bond donors (Lipinski definition) is 3. The summed E-state index contributed by atoms with van der Waals surface area (Å²) in [5.41, 5.74) is 9.76. The van der Waals surface area contributed by atoms with Crippen molar-refractivity contribution in [1.29, 1.82) is 0 Å². The van der Waals surface area contributed by atoms with Gasteiger partial charge in [0.25, 0.3) is 0 Å². The number of fused-ring (bicyclic) bond motifs is 1. The molecular weight excluding hydrogens is 236 g/mol. The number of nitrogens with two attached hydrogens (primary N) is 1. The molecular formula is C15H16N4. The van der Waals surface area contributed by atoms with Gasteiger partial charge >= 0.3 is 0 Å². The molecule has 0 aliphatic rings. The van der Waals surface area contributed by atoms with Crippen LogP contribution in [0.5, 0.6) is 0 Å². The van der Waals surface area contributed by atoms with Crippen molar-refractivity contribution in [2.24, 2.45) is 0 Å². The van der Waals surface area contributed by atoms with Gasteiger partial charge in [0.1, 0.15) is 5.65 Å². The Labute approximate surface area is 111 Å². The quantitative estimate of drug-likeness (QED) is 0.625. The molecule has 19 heavy (non-hydrogen) atoms. The SMILES string of the molecule is Nc1ccc(NCCc2c[nH]c3ncccc23)cc1. The highest BCUT2D eigenvalue weighted by Crippen LogP contribution is 2.16. The maximum Gasteiger partial charge on any atom is 0.137 e. The van der Waals surface area contributed by atoms with Crippen molar-refractivity contribution in [2.75, 3.05) is 17.6 Å². The van der Waals surface area contributed by atoms with E-state index in [2.05, 4.69) is 21.4 Å². The molecule has 0 spiro atoms. The van der Waals surface area contributed by atoms with Crippen LogP contribution in [0.25, 0.3) is 11.0 Å². The van der Waals surface area contributed by atoms with Crippen LogP contribution in [-0.4, -0.2) is 16.5 Å². The van der Waals surface area contributed by atoms with E-state index >= 15 is 0 Å². The van der Waals surface area contributed by atoms with E-state index in [-0.39, 0.29) is 0 Å². The first-order chi connectivity index (χ1) is 9.33. The summed E-state index contributed by atoms with van der Waals surface area (Å²) in [5.74, 6) is 0. The molecule has 0 atom stereocenters. The molecule has 96 valence electrons. The minimum absolute atomic E-state index is 0.785. The third-order valence-corrected chi connectivity index (χ3v) is 3.17. The Morgan fingerprint density at radius 3 is 2.84 bits per heavy atom. The lowest BCUT2D eigenvalue weighted by atomic mass is 10.1. The zero-order valence-electron chi connectivity index (χ0n) is 10.6. The van der Waals surface area contributed by atoms with Gasteiger partial charge in [-0.25, -0.2) is 4.98 Å². The Morgan fingerprint density at radius 1 is 1.16 bits per heavy atom. The van der Waals surface area contributed by atoms with Crippen molar-refractivity contribution in [2.45, 2.75) is 6.42 Å². The van der Waals surface area contributed by atoms with Crippen LogP contribution in [0.1, 0.15) is 5.56 Å². The Balaban J connectivity index is 1.65. The molecule has 0 aliphatic carbocycles. The van der Waals surface area contributed by atoms with Crippen LogP contribution in [-0.2, 0) is 6.42 Å². The maximum absolute atomic E-state index is 5.66. The van der Waals surface area contributed by atoms with Crippen LogP contribution in [0, 0.1) is 0 Å². The second-order valence-corrected chi connectivity index (χ2v) is 4.51. The van der Waals surface area contributed by atoms with E-state index < -0.39 is 0 Å². The number of nitrogen functional groups attached to an aromatic ring is 1. The standard InChI is InChI=1S/C15H16N4/c16-12-3-5-13(6-4-12)17-9-7-11-10-19-15-14(11)2-1-8-18-15/h1-6,8,10,17H,7,9,16H2,(H,18,19). The normalized spacial score (nSPS) is 10.7. The Hall–Kier alpha value is -2.49. The molecule has 0 bridgehead atoms. The van der Waals surface area contributed by atoms with Gasteiger partial charge in [0, 0.05) is 35.7 Å². The molecule has 0 radical (unpaired) electrons. The summed E-state index contributed by atoms with van der Waals surface area (Å²) in [4.78, 5) is 7.48. The van der Waals surface area contributed by atoms with Crippen molar-refractivity contribution < 1.29 is 0 Å². The molecule has 0 unspecified atom stereocenters. The van der Waals surface area contributed by atoms with E-state index in [0.29, 0.717) is 0 Å². The highest BCUT2D eigenvalue weighted by atomic mass is 14.9. The van der Waals surface area contributed by atoms with E-state index in [9.17, 15) is 0 Å².